The fraction of sp³-hybridized carbons (Fsp3) is 0.158. The molecule has 0 bridgehead atoms. The summed E-state index contributed by atoms with van der Waals surface area (Å²) in [7, 11) is 3.06. The molecule has 7 heteroatoms. The third kappa shape index (κ3) is 5.26. The molecule has 2 rings (SSSR count). The highest BCUT2D eigenvalue weighted by Crippen LogP contribution is 2.28. The topological polar surface area (TPSA) is 76.7 Å². The summed E-state index contributed by atoms with van der Waals surface area (Å²) in [5, 5.41) is 5.72. The predicted octanol–water partition coefficient (Wildman–Crippen LogP) is 3.47. The van der Waals surface area contributed by atoms with Crippen molar-refractivity contribution in [3.8, 4) is 11.5 Å². The lowest BCUT2D eigenvalue weighted by molar-refractivity contribution is -0.120. The predicted molar refractivity (Wildman–Crippen MR) is 101 cm³/mol. The molecular weight excluding hydrogens is 356 g/mol. The Labute approximate surface area is 156 Å². The first-order valence-corrected chi connectivity index (χ1v) is 8.09. The number of rotatable bonds is 6. The first-order valence-electron chi connectivity index (χ1n) is 7.71. The van der Waals surface area contributed by atoms with Gasteiger partial charge in [0.15, 0.2) is 11.5 Å². The van der Waals surface area contributed by atoms with Gasteiger partial charge in [0.25, 0.3) is 5.91 Å². The number of benzene rings is 2. The molecule has 0 saturated heterocycles. The van der Waals surface area contributed by atoms with Gasteiger partial charge in [0, 0.05) is 17.6 Å². The zero-order valence-corrected chi connectivity index (χ0v) is 15.4. The molecule has 0 heterocycles. The fourth-order valence-corrected chi connectivity index (χ4v) is 2.41. The standard InChI is InChI=1S/C19H19ClN2O4/c1-12(23)21-16(19(24)22-15-6-4-5-14(20)11-15)9-13-7-8-17(25-2)18(10-13)26-3/h4-11H,1-3H3,(H,21,23)(H,22,24). The number of carbonyl (C=O) groups excluding carboxylic acids is 2. The Kier molecular flexibility index (Phi) is 6.63. The van der Waals surface area contributed by atoms with E-state index in [1.54, 1.807) is 48.5 Å². The van der Waals surface area contributed by atoms with Crippen molar-refractivity contribution in [3.05, 3.63) is 58.7 Å². The van der Waals surface area contributed by atoms with Gasteiger partial charge < -0.3 is 20.1 Å². The molecule has 6 nitrogen and oxygen atoms in total. The number of ether oxygens (including phenoxy) is 2. The van der Waals surface area contributed by atoms with E-state index < -0.39 is 5.91 Å². The first kappa shape index (κ1) is 19.3. The maximum atomic E-state index is 12.5. The molecule has 0 unspecified atom stereocenters. The third-order valence-corrected chi connectivity index (χ3v) is 3.59. The third-order valence-electron chi connectivity index (χ3n) is 3.36. The molecule has 0 radical (unpaired) electrons. The van der Waals surface area contributed by atoms with Crippen LogP contribution in [0.25, 0.3) is 6.08 Å². The van der Waals surface area contributed by atoms with Crippen molar-refractivity contribution in [2.24, 2.45) is 0 Å². The van der Waals surface area contributed by atoms with Crippen LogP contribution in [-0.4, -0.2) is 26.0 Å². The van der Waals surface area contributed by atoms with Crippen LogP contribution in [0, 0.1) is 0 Å². The van der Waals surface area contributed by atoms with Gasteiger partial charge in [-0.05, 0) is 42.0 Å². The molecular formula is C19H19ClN2O4. The van der Waals surface area contributed by atoms with Gasteiger partial charge in [-0.25, -0.2) is 0 Å². The lowest BCUT2D eigenvalue weighted by atomic mass is 10.1. The second kappa shape index (κ2) is 8.92. The van der Waals surface area contributed by atoms with Gasteiger partial charge >= 0.3 is 0 Å². The number of anilines is 1. The monoisotopic (exact) mass is 374 g/mol. The van der Waals surface area contributed by atoms with E-state index in [2.05, 4.69) is 10.6 Å². The summed E-state index contributed by atoms with van der Waals surface area (Å²) in [5.41, 5.74) is 1.27. The van der Waals surface area contributed by atoms with E-state index in [-0.39, 0.29) is 11.6 Å². The fourth-order valence-electron chi connectivity index (χ4n) is 2.22. The van der Waals surface area contributed by atoms with Gasteiger partial charge in [0.1, 0.15) is 5.70 Å². The Balaban J connectivity index is 2.32. The van der Waals surface area contributed by atoms with Crippen molar-refractivity contribution >= 4 is 35.2 Å². The van der Waals surface area contributed by atoms with Crippen LogP contribution in [0.1, 0.15) is 12.5 Å². The van der Waals surface area contributed by atoms with Gasteiger partial charge in [-0.15, -0.1) is 0 Å². The summed E-state index contributed by atoms with van der Waals surface area (Å²) >= 11 is 5.92. The number of halogens is 1. The minimum atomic E-state index is -0.475. The van der Waals surface area contributed by atoms with Gasteiger partial charge in [-0.1, -0.05) is 23.7 Å². The second-order valence-corrected chi connectivity index (χ2v) is 5.75. The van der Waals surface area contributed by atoms with E-state index >= 15 is 0 Å². The highest BCUT2D eigenvalue weighted by atomic mass is 35.5. The average Bonchev–Trinajstić information content (AvgIpc) is 2.60. The molecule has 2 amide bonds. The quantitative estimate of drug-likeness (QED) is 0.759. The molecule has 2 aromatic rings. The van der Waals surface area contributed by atoms with Crippen molar-refractivity contribution in [3.63, 3.8) is 0 Å². The highest BCUT2D eigenvalue weighted by molar-refractivity contribution is 6.31. The molecule has 2 N–H and O–H groups in total. The van der Waals surface area contributed by atoms with Crippen LogP contribution >= 0.6 is 11.6 Å². The van der Waals surface area contributed by atoms with E-state index in [1.807, 2.05) is 0 Å². The molecule has 0 atom stereocenters. The van der Waals surface area contributed by atoms with Crippen molar-refractivity contribution < 1.29 is 19.1 Å². The summed E-state index contributed by atoms with van der Waals surface area (Å²) in [6.07, 6.45) is 1.54. The number of carbonyl (C=O) groups is 2. The zero-order valence-electron chi connectivity index (χ0n) is 14.6. The van der Waals surface area contributed by atoms with Crippen LogP contribution in [0.2, 0.25) is 5.02 Å². The van der Waals surface area contributed by atoms with Gasteiger partial charge in [-0.3, -0.25) is 9.59 Å². The summed E-state index contributed by atoms with van der Waals surface area (Å²) in [6.45, 7) is 1.33. The smallest absolute Gasteiger partial charge is 0.272 e. The van der Waals surface area contributed by atoms with E-state index in [4.69, 9.17) is 21.1 Å². The summed E-state index contributed by atoms with van der Waals surface area (Å²) < 4.78 is 10.4. The Morgan fingerprint density at radius 3 is 2.38 bits per heavy atom. The number of amides is 2. The molecule has 0 aliphatic carbocycles. The highest BCUT2D eigenvalue weighted by Gasteiger charge is 2.13. The van der Waals surface area contributed by atoms with E-state index in [9.17, 15) is 9.59 Å². The number of hydrogen-bond donors (Lipinski definition) is 2. The minimum absolute atomic E-state index is 0.0877. The molecule has 2 aromatic carbocycles. The van der Waals surface area contributed by atoms with Crippen molar-refractivity contribution in [1.82, 2.24) is 5.32 Å². The van der Waals surface area contributed by atoms with E-state index in [1.165, 1.54) is 21.1 Å². The Bertz CT molecular complexity index is 849. The van der Waals surface area contributed by atoms with E-state index in [0.29, 0.717) is 27.8 Å². The summed E-state index contributed by atoms with van der Waals surface area (Å²) in [5.74, 6) is 0.239. The molecule has 0 aliphatic rings. The molecule has 0 aliphatic heterocycles. The largest absolute Gasteiger partial charge is 0.493 e. The Hall–Kier alpha value is -2.99. The first-order chi connectivity index (χ1) is 12.4. The normalized spacial score (nSPS) is 10.8. The van der Waals surface area contributed by atoms with Crippen LogP contribution in [0.3, 0.4) is 0 Å². The van der Waals surface area contributed by atoms with Crippen molar-refractivity contribution in [2.45, 2.75) is 6.92 Å². The van der Waals surface area contributed by atoms with Gasteiger partial charge in [0.05, 0.1) is 14.2 Å². The molecule has 26 heavy (non-hydrogen) atoms. The Morgan fingerprint density at radius 1 is 1.04 bits per heavy atom. The molecule has 136 valence electrons. The van der Waals surface area contributed by atoms with Crippen LogP contribution in [0.4, 0.5) is 5.69 Å². The summed E-state index contributed by atoms with van der Waals surface area (Å²) in [4.78, 5) is 24.0. The molecule has 0 fully saturated rings. The van der Waals surface area contributed by atoms with Crippen LogP contribution in [0.15, 0.2) is 48.2 Å². The van der Waals surface area contributed by atoms with Gasteiger partial charge in [0.2, 0.25) is 5.91 Å². The van der Waals surface area contributed by atoms with Crippen LogP contribution in [-0.2, 0) is 9.59 Å². The Morgan fingerprint density at radius 2 is 1.77 bits per heavy atom. The SMILES string of the molecule is COc1ccc(C=C(NC(C)=O)C(=O)Nc2cccc(Cl)c2)cc1OC. The number of nitrogens with one attached hydrogen (secondary N) is 2. The molecule has 0 saturated carbocycles. The average molecular weight is 375 g/mol. The number of hydrogen-bond acceptors (Lipinski definition) is 4. The maximum absolute atomic E-state index is 12.5. The lowest BCUT2D eigenvalue weighted by Crippen LogP contribution is -2.28. The minimum Gasteiger partial charge on any atom is -0.493 e. The number of methoxy groups -OCH3 is 2. The zero-order chi connectivity index (χ0) is 19.1. The van der Waals surface area contributed by atoms with Crippen LogP contribution in [0.5, 0.6) is 11.5 Å². The lowest BCUT2D eigenvalue weighted by Gasteiger charge is -2.11. The summed E-state index contributed by atoms with van der Waals surface area (Å²) in [6, 6.07) is 11.9. The molecule has 0 spiro atoms. The molecule has 0 aromatic heterocycles. The van der Waals surface area contributed by atoms with Crippen molar-refractivity contribution in [2.75, 3.05) is 19.5 Å². The van der Waals surface area contributed by atoms with Crippen molar-refractivity contribution in [1.29, 1.82) is 0 Å². The second-order valence-electron chi connectivity index (χ2n) is 5.32. The van der Waals surface area contributed by atoms with Crippen LogP contribution < -0.4 is 20.1 Å². The van der Waals surface area contributed by atoms with Gasteiger partial charge in [-0.2, -0.15) is 0 Å². The van der Waals surface area contributed by atoms with E-state index in [0.717, 1.165) is 0 Å². The maximum Gasteiger partial charge on any atom is 0.272 e.